The maximum Gasteiger partial charge on any atom is 0.0364 e. The third-order valence-corrected chi connectivity index (χ3v) is 3.85. The molecule has 114 valence electrons. The van der Waals surface area contributed by atoms with Crippen LogP contribution in [0.15, 0.2) is 24.3 Å². The first-order valence-electron chi connectivity index (χ1n) is 8.09. The van der Waals surface area contributed by atoms with Crippen LogP contribution in [0.4, 0.5) is 5.69 Å². The molecule has 0 bridgehead atoms. The molecule has 20 heavy (non-hydrogen) atoms. The Balaban J connectivity index is 2.83. The minimum atomic E-state index is 0.483. The molecule has 0 spiro atoms. The summed E-state index contributed by atoms with van der Waals surface area (Å²) >= 11 is 0. The second-order valence-corrected chi connectivity index (χ2v) is 6.13. The van der Waals surface area contributed by atoms with Crippen LogP contribution in [-0.2, 0) is 0 Å². The van der Waals surface area contributed by atoms with Crippen LogP contribution in [0, 0.1) is 5.92 Å². The quantitative estimate of drug-likeness (QED) is 0.708. The first-order chi connectivity index (χ1) is 9.58. The molecule has 1 aromatic carbocycles. The Kier molecular flexibility index (Phi) is 7.68. The van der Waals surface area contributed by atoms with E-state index < -0.39 is 0 Å². The standard InChI is InChI=1S/C18H32N2/c1-6-9-15(3)13-18(19-12-7-2)16-10-8-11-17(14-16)20(4)5/h8,10-11,14-15,18-19H,6-7,9,12-13H2,1-5H3. The second-order valence-electron chi connectivity index (χ2n) is 6.13. The van der Waals surface area contributed by atoms with E-state index in [4.69, 9.17) is 0 Å². The molecular formula is C18H32N2. The summed E-state index contributed by atoms with van der Waals surface area (Å²) in [5.41, 5.74) is 2.71. The number of hydrogen-bond acceptors (Lipinski definition) is 2. The molecule has 2 heteroatoms. The number of nitrogens with zero attached hydrogens (tertiary/aromatic N) is 1. The summed E-state index contributed by atoms with van der Waals surface area (Å²) in [7, 11) is 4.21. The van der Waals surface area contributed by atoms with Crippen molar-refractivity contribution >= 4 is 5.69 Å². The summed E-state index contributed by atoms with van der Waals surface area (Å²) in [5, 5.41) is 3.72. The van der Waals surface area contributed by atoms with Crippen molar-refractivity contribution in [1.82, 2.24) is 5.32 Å². The number of hydrogen-bond donors (Lipinski definition) is 1. The highest BCUT2D eigenvalue weighted by atomic mass is 15.1. The Labute approximate surface area is 125 Å². The van der Waals surface area contributed by atoms with E-state index in [-0.39, 0.29) is 0 Å². The molecule has 2 atom stereocenters. The van der Waals surface area contributed by atoms with Gasteiger partial charge in [0.2, 0.25) is 0 Å². The Hall–Kier alpha value is -1.02. The number of nitrogens with one attached hydrogen (secondary N) is 1. The Bertz CT molecular complexity index is 373. The van der Waals surface area contributed by atoms with Gasteiger partial charge in [-0.15, -0.1) is 0 Å². The Morgan fingerprint density at radius 2 is 1.90 bits per heavy atom. The Morgan fingerprint density at radius 3 is 2.50 bits per heavy atom. The van der Waals surface area contributed by atoms with Crippen LogP contribution < -0.4 is 10.2 Å². The van der Waals surface area contributed by atoms with Crippen molar-refractivity contribution in [1.29, 1.82) is 0 Å². The van der Waals surface area contributed by atoms with Gasteiger partial charge >= 0.3 is 0 Å². The summed E-state index contributed by atoms with van der Waals surface area (Å²) in [5.74, 6) is 0.775. The summed E-state index contributed by atoms with van der Waals surface area (Å²) in [6, 6.07) is 9.42. The summed E-state index contributed by atoms with van der Waals surface area (Å²) < 4.78 is 0. The van der Waals surface area contributed by atoms with E-state index in [0.29, 0.717) is 6.04 Å². The van der Waals surface area contributed by atoms with Crippen molar-refractivity contribution in [2.45, 2.75) is 52.5 Å². The van der Waals surface area contributed by atoms with Crippen LogP contribution in [0.2, 0.25) is 0 Å². The van der Waals surface area contributed by atoms with Crippen molar-refractivity contribution in [2.24, 2.45) is 5.92 Å². The molecule has 0 radical (unpaired) electrons. The van der Waals surface area contributed by atoms with Crippen molar-refractivity contribution < 1.29 is 0 Å². The first-order valence-corrected chi connectivity index (χ1v) is 8.09. The van der Waals surface area contributed by atoms with Gasteiger partial charge in [-0.25, -0.2) is 0 Å². The molecule has 0 aliphatic rings. The maximum atomic E-state index is 3.72. The highest BCUT2D eigenvalue weighted by Crippen LogP contribution is 2.26. The van der Waals surface area contributed by atoms with Crippen LogP contribution in [0.25, 0.3) is 0 Å². The zero-order valence-corrected chi connectivity index (χ0v) is 13.9. The van der Waals surface area contributed by atoms with E-state index in [0.717, 1.165) is 12.5 Å². The fourth-order valence-corrected chi connectivity index (χ4v) is 2.69. The maximum absolute atomic E-state index is 3.72. The molecule has 1 rings (SSSR count). The molecule has 2 nitrogen and oxygen atoms in total. The van der Waals surface area contributed by atoms with Crippen molar-refractivity contribution in [3.05, 3.63) is 29.8 Å². The first kappa shape index (κ1) is 17.0. The van der Waals surface area contributed by atoms with Crippen molar-refractivity contribution in [3.63, 3.8) is 0 Å². The molecule has 0 heterocycles. The lowest BCUT2D eigenvalue weighted by Crippen LogP contribution is -2.24. The van der Waals surface area contributed by atoms with E-state index in [1.807, 2.05) is 0 Å². The molecule has 0 saturated carbocycles. The topological polar surface area (TPSA) is 15.3 Å². The van der Waals surface area contributed by atoms with Gasteiger partial charge in [-0.3, -0.25) is 0 Å². The van der Waals surface area contributed by atoms with Gasteiger partial charge in [0.25, 0.3) is 0 Å². The fourth-order valence-electron chi connectivity index (χ4n) is 2.69. The molecule has 0 aliphatic heterocycles. The third-order valence-electron chi connectivity index (χ3n) is 3.85. The van der Waals surface area contributed by atoms with E-state index in [2.05, 4.69) is 69.3 Å². The van der Waals surface area contributed by atoms with Gasteiger partial charge in [0.05, 0.1) is 0 Å². The molecule has 0 saturated heterocycles. The summed E-state index contributed by atoms with van der Waals surface area (Å²) in [6.45, 7) is 7.98. The van der Waals surface area contributed by atoms with Crippen LogP contribution in [0.5, 0.6) is 0 Å². The van der Waals surface area contributed by atoms with Gasteiger partial charge in [0, 0.05) is 25.8 Å². The van der Waals surface area contributed by atoms with Gasteiger partial charge in [0.15, 0.2) is 0 Å². The van der Waals surface area contributed by atoms with Gasteiger partial charge in [-0.1, -0.05) is 45.7 Å². The van der Waals surface area contributed by atoms with Crippen LogP contribution in [0.3, 0.4) is 0 Å². The van der Waals surface area contributed by atoms with E-state index >= 15 is 0 Å². The second kappa shape index (κ2) is 9.02. The highest BCUT2D eigenvalue weighted by Gasteiger charge is 2.15. The number of rotatable bonds is 9. The van der Waals surface area contributed by atoms with Crippen molar-refractivity contribution in [2.75, 3.05) is 25.5 Å². The van der Waals surface area contributed by atoms with Gasteiger partial charge in [-0.05, 0) is 43.0 Å². The predicted molar refractivity (Wildman–Crippen MR) is 90.5 cm³/mol. The van der Waals surface area contributed by atoms with E-state index in [1.54, 1.807) is 0 Å². The molecule has 1 aromatic rings. The molecule has 0 amide bonds. The lowest BCUT2D eigenvalue weighted by Gasteiger charge is -2.24. The third kappa shape index (κ3) is 5.54. The van der Waals surface area contributed by atoms with Crippen LogP contribution in [-0.4, -0.2) is 20.6 Å². The van der Waals surface area contributed by atoms with Gasteiger partial charge in [0.1, 0.15) is 0 Å². The van der Waals surface area contributed by atoms with E-state index in [1.165, 1.54) is 36.9 Å². The van der Waals surface area contributed by atoms with Crippen molar-refractivity contribution in [3.8, 4) is 0 Å². The zero-order chi connectivity index (χ0) is 15.0. The molecule has 0 aliphatic carbocycles. The average Bonchev–Trinajstić information content (AvgIpc) is 2.43. The summed E-state index contributed by atoms with van der Waals surface area (Å²) in [6.07, 6.45) is 5.01. The van der Waals surface area contributed by atoms with Gasteiger partial charge in [-0.2, -0.15) is 0 Å². The Morgan fingerprint density at radius 1 is 1.15 bits per heavy atom. The zero-order valence-electron chi connectivity index (χ0n) is 13.9. The molecule has 1 N–H and O–H groups in total. The van der Waals surface area contributed by atoms with E-state index in [9.17, 15) is 0 Å². The summed E-state index contributed by atoms with van der Waals surface area (Å²) in [4.78, 5) is 2.18. The minimum Gasteiger partial charge on any atom is -0.378 e. The largest absolute Gasteiger partial charge is 0.378 e. The smallest absolute Gasteiger partial charge is 0.0364 e. The normalized spacial score (nSPS) is 14.1. The minimum absolute atomic E-state index is 0.483. The van der Waals surface area contributed by atoms with Crippen LogP contribution >= 0.6 is 0 Å². The van der Waals surface area contributed by atoms with Gasteiger partial charge < -0.3 is 10.2 Å². The highest BCUT2D eigenvalue weighted by molar-refractivity contribution is 5.47. The molecular weight excluding hydrogens is 244 g/mol. The number of benzene rings is 1. The lowest BCUT2D eigenvalue weighted by molar-refractivity contribution is 0.390. The van der Waals surface area contributed by atoms with Crippen LogP contribution in [0.1, 0.15) is 58.1 Å². The lowest BCUT2D eigenvalue weighted by atomic mass is 9.92. The SMILES string of the molecule is CCCNC(CC(C)CCC)c1cccc(N(C)C)c1. The predicted octanol–water partition coefficient (Wildman–Crippen LogP) is 4.62. The molecule has 0 aromatic heterocycles. The molecule has 2 unspecified atom stereocenters. The molecule has 0 fully saturated rings. The average molecular weight is 276 g/mol. The monoisotopic (exact) mass is 276 g/mol. The fraction of sp³-hybridized carbons (Fsp3) is 0.667. The number of anilines is 1.